The first-order valence-electron chi connectivity index (χ1n) is 5.33. The van der Waals surface area contributed by atoms with Gasteiger partial charge in [-0.15, -0.1) is 0 Å². The van der Waals surface area contributed by atoms with Gasteiger partial charge < -0.3 is 10.0 Å². The molecular weight excluding hydrogens is 333 g/mol. The third-order valence-corrected chi connectivity index (χ3v) is 3.75. The Balaban J connectivity index is 1.96. The van der Waals surface area contributed by atoms with E-state index in [1.165, 1.54) is 0 Å². The highest BCUT2D eigenvalue weighted by Gasteiger charge is 2.32. The molecular formula is C12H12INO3. The average Bonchev–Trinajstić information content (AvgIpc) is 2.22. The van der Waals surface area contributed by atoms with Gasteiger partial charge in [-0.1, -0.05) is 12.1 Å². The molecule has 1 heterocycles. The molecule has 0 bridgehead atoms. The van der Waals surface area contributed by atoms with Crippen LogP contribution in [0.25, 0.3) is 0 Å². The number of carbonyl (C=O) groups excluding carboxylic acids is 1. The van der Waals surface area contributed by atoms with E-state index < -0.39 is 5.97 Å². The van der Waals surface area contributed by atoms with E-state index in [9.17, 15) is 9.59 Å². The van der Waals surface area contributed by atoms with E-state index in [4.69, 9.17) is 5.11 Å². The summed E-state index contributed by atoms with van der Waals surface area (Å²) in [5.41, 5.74) is 0.696. The molecule has 5 heteroatoms. The standard InChI is InChI=1S/C12H12INO3/c13-10-4-2-1-3-9(10)12(17)14-6-8(7-14)5-11(15)16/h1-4,8H,5-7H2,(H,15,16). The van der Waals surface area contributed by atoms with Crippen LogP contribution in [0.2, 0.25) is 0 Å². The van der Waals surface area contributed by atoms with Gasteiger partial charge in [0, 0.05) is 22.6 Å². The number of benzene rings is 1. The van der Waals surface area contributed by atoms with Crippen LogP contribution in [-0.2, 0) is 4.79 Å². The minimum Gasteiger partial charge on any atom is -0.481 e. The summed E-state index contributed by atoms with van der Waals surface area (Å²) in [6.07, 6.45) is 0.148. The van der Waals surface area contributed by atoms with Gasteiger partial charge >= 0.3 is 5.97 Å². The molecule has 4 nitrogen and oxygen atoms in total. The fourth-order valence-electron chi connectivity index (χ4n) is 1.92. The average molecular weight is 345 g/mol. The van der Waals surface area contributed by atoms with E-state index in [0.717, 1.165) is 3.57 Å². The maximum absolute atomic E-state index is 12.1. The number of likely N-dealkylation sites (tertiary alicyclic amines) is 1. The topological polar surface area (TPSA) is 57.6 Å². The molecule has 17 heavy (non-hydrogen) atoms. The van der Waals surface area contributed by atoms with Crippen molar-refractivity contribution in [2.24, 2.45) is 5.92 Å². The Hall–Kier alpha value is -1.11. The second kappa shape index (κ2) is 5.03. The zero-order valence-corrected chi connectivity index (χ0v) is 11.3. The van der Waals surface area contributed by atoms with E-state index in [-0.39, 0.29) is 18.2 Å². The largest absolute Gasteiger partial charge is 0.481 e. The molecule has 2 rings (SSSR count). The van der Waals surface area contributed by atoms with Crippen molar-refractivity contribution in [1.82, 2.24) is 4.90 Å². The van der Waals surface area contributed by atoms with Crippen LogP contribution >= 0.6 is 22.6 Å². The van der Waals surface area contributed by atoms with Crippen LogP contribution in [0.5, 0.6) is 0 Å². The molecule has 1 saturated heterocycles. The third-order valence-electron chi connectivity index (χ3n) is 2.81. The number of rotatable bonds is 3. The summed E-state index contributed by atoms with van der Waals surface area (Å²) in [6, 6.07) is 7.42. The number of amides is 1. The van der Waals surface area contributed by atoms with Crippen molar-refractivity contribution < 1.29 is 14.7 Å². The lowest BCUT2D eigenvalue weighted by Gasteiger charge is -2.38. The normalized spacial score (nSPS) is 15.5. The van der Waals surface area contributed by atoms with Crippen molar-refractivity contribution in [3.05, 3.63) is 33.4 Å². The van der Waals surface area contributed by atoms with Crippen molar-refractivity contribution in [2.45, 2.75) is 6.42 Å². The molecule has 1 N–H and O–H groups in total. The highest BCUT2D eigenvalue weighted by atomic mass is 127. The number of carbonyl (C=O) groups is 2. The predicted octanol–water partition coefficient (Wildman–Crippen LogP) is 1.84. The van der Waals surface area contributed by atoms with Crippen LogP contribution in [0.3, 0.4) is 0 Å². The summed E-state index contributed by atoms with van der Waals surface area (Å²) in [7, 11) is 0. The molecule has 1 aliphatic heterocycles. The summed E-state index contributed by atoms with van der Waals surface area (Å²) < 4.78 is 0.928. The Labute approximate surface area is 113 Å². The Morgan fingerprint density at radius 1 is 1.35 bits per heavy atom. The molecule has 1 aromatic carbocycles. The van der Waals surface area contributed by atoms with E-state index in [1.54, 1.807) is 11.0 Å². The Morgan fingerprint density at radius 3 is 2.59 bits per heavy atom. The van der Waals surface area contributed by atoms with Crippen LogP contribution < -0.4 is 0 Å². The molecule has 0 radical (unpaired) electrons. The number of aliphatic carboxylic acids is 1. The summed E-state index contributed by atoms with van der Waals surface area (Å²) in [4.78, 5) is 24.3. The molecule has 0 aliphatic carbocycles. The van der Waals surface area contributed by atoms with Gasteiger partial charge in [0.1, 0.15) is 0 Å². The van der Waals surface area contributed by atoms with Crippen LogP contribution in [0, 0.1) is 9.49 Å². The Bertz CT molecular complexity index is 455. The van der Waals surface area contributed by atoms with Crippen molar-refractivity contribution in [3.8, 4) is 0 Å². The van der Waals surface area contributed by atoms with Crippen molar-refractivity contribution in [1.29, 1.82) is 0 Å². The van der Waals surface area contributed by atoms with E-state index in [2.05, 4.69) is 22.6 Å². The summed E-state index contributed by atoms with van der Waals surface area (Å²) >= 11 is 2.13. The SMILES string of the molecule is O=C(O)CC1CN(C(=O)c2ccccc2I)C1. The van der Waals surface area contributed by atoms with Crippen LogP contribution in [0.15, 0.2) is 24.3 Å². The Kier molecular flexibility index (Phi) is 3.66. The van der Waals surface area contributed by atoms with Gasteiger partial charge in [-0.2, -0.15) is 0 Å². The number of carboxylic acid groups (broad SMARTS) is 1. The molecule has 1 aromatic rings. The number of nitrogens with zero attached hydrogens (tertiary/aromatic N) is 1. The monoisotopic (exact) mass is 345 g/mol. The molecule has 0 saturated carbocycles. The first-order valence-corrected chi connectivity index (χ1v) is 6.41. The molecule has 0 unspecified atom stereocenters. The maximum Gasteiger partial charge on any atom is 0.303 e. The lowest BCUT2D eigenvalue weighted by Crippen LogP contribution is -2.50. The molecule has 1 aliphatic rings. The maximum atomic E-state index is 12.1. The lowest BCUT2D eigenvalue weighted by molar-refractivity contribution is -0.139. The van der Waals surface area contributed by atoms with Gasteiger partial charge in [0.25, 0.3) is 5.91 Å². The second-order valence-electron chi connectivity index (χ2n) is 4.15. The van der Waals surface area contributed by atoms with Crippen LogP contribution in [0.4, 0.5) is 0 Å². The lowest BCUT2D eigenvalue weighted by atomic mass is 9.95. The number of hydrogen-bond donors (Lipinski definition) is 1. The molecule has 1 fully saturated rings. The van der Waals surface area contributed by atoms with Gasteiger partial charge in [-0.25, -0.2) is 0 Å². The highest BCUT2D eigenvalue weighted by Crippen LogP contribution is 2.23. The van der Waals surface area contributed by atoms with Crippen molar-refractivity contribution >= 4 is 34.5 Å². The van der Waals surface area contributed by atoms with Gasteiger partial charge in [0.05, 0.1) is 12.0 Å². The summed E-state index contributed by atoms with van der Waals surface area (Å²) in [5.74, 6) is -0.689. The smallest absolute Gasteiger partial charge is 0.303 e. The van der Waals surface area contributed by atoms with E-state index in [0.29, 0.717) is 18.7 Å². The first kappa shape index (κ1) is 12.3. The van der Waals surface area contributed by atoms with E-state index in [1.807, 2.05) is 18.2 Å². The zero-order valence-electron chi connectivity index (χ0n) is 9.10. The van der Waals surface area contributed by atoms with Crippen LogP contribution in [-0.4, -0.2) is 35.0 Å². The predicted molar refractivity (Wildman–Crippen MR) is 70.8 cm³/mol. The third kappa shape index (κ3) is 2.77. The van der Waals surface area contributed by atoms with E-state index >= 15 is 0 Å². The number of halogens is 1. The fraction of sp³-hybridized carbons (Fsp3) is 0.333. The van der Waals surface area contributed by atoms with Gasteiger partial charge in [-0.05, 0) is 34.7 Å². The zero-order chi connectivity index (χ0) is 12.4. The minimum atomic E-state index is -0.795. The van der Waals surface area contributed by atoms with Crippen molar-refractivity contribution in [3.63, 3.8) is 0 Å². The highest BCUT2D eigenvalue weighted by molar-refractivity contribution is 14.1. The van der Waals surface area contributed by atoms with Gasteiger partial charge in [0.2, 0.25) is 0 Å². The quantitative estimate of drug-likeness (QED) is 0.851. The number of hydrogen-bond acceptors (Lipinski definition) is 2. The Morgan fingerprint density at radius 2 is 2.00 bits per heavy atom. The summed E-state index contributed by atoms with van der Waals surface area (Å²) in [6.45, 7) is 1.10. The second-order valence-corrected chi connectivity index (χ2v) is 5.32. The molecule has 1 amide bonds. The minimum absolute atomic E-state index is 0.00311. The fourth-order valence-corrected chi connectivity index (χ4v) is 2.53. The molecule has 0 spiro atoms. The van der Waals surface area contributed by atoms with Crippen molar-refractivity contribution in [2.75, 3.05) is 13.1 Å². The molecule has 0 aromatic heterocycles. The van der Waals surface area contributed by atoms with Gasteiger partial charge in [-0.3, -0.25) is 9.59 Å². The molecule has 0 atom stereocenters. The molecule has 90 valence electrons. The number of carboxylic acids is 1. The first-order chi connectivity index (χ1) is 8.08. The summed E-state index contributed by atoms with van der Waals surface area (Å²) in [5, 5.41) is 8.63. The van der Waals surface area contributed by atoms with Gasteiger partial charge in [0.15, 0.2) is 0 Å². The van der Waals surface area contributed by atoms with Crippen LogP contribution in [0.1, 0.15) is 16.8 Å².